The fourth-order valence-corrected chi connectivity index (χ4v) is 2.21. The fraction of sp³-hybridized carbons (Fsp3) is 1.00. The van der Waals surface area contributed by atoms with Crippen molar-refractivity contribution in [2.75, 3.05) is 13.3 Å². The molecule has 9 heavy (non-hydrogen) atoms. The normalized spacial score (nSPS) is 35.3. The van der Waals surface area contributed by atoms with Gasteiger partial charge in [0.2, 0.25) is 0 Å². The number of nitrogens with one attached hydrogen (secondary N) is 1. The highest BCUT2D eigenvalue weighted by Gasteiger charge is 2.21. The van der Waals surface area contributed by atoms with Crippen LogP contribution < -0.4 is 5.32 Å². The zero-order valence-electron chi connectivity index (χ0n) is 6.18. The summed E-state index contributed by atoms with van der Waals surface area (Å²) in [6, 6.07) is 0.808. The molecule has 0 bridgehead atoms. The summed E-state index contributed by atoms with van der Waals surface area (Å²) in [4.78, 5) is 0. The molecule has 0 amide bonds. The van der Waals surface area contributed by atoms with Crippen LogP contribution in [0.5, 0.6) is 0 Å². The lowest BCUT2D eigenvalue weighted by Gasteiger charge is -2.06. The average molecular weight is 145 g/mol. The van der Waals surface area contributed by atoms with E-state index in [9.17, 15) is 0 Å². The second kappa shape index (κ2) is 3.47. The summed E-state index contributed by atoms with van der Waals surface area (Å²) < 4.78 is 0. The Morgan fingerprint density at radius 1 is 1.44 bits per heavy atom. The first-order valence-electron chi connectivity index (χ1n) is 3.57. The molecule has 0 radical (unpaired) electrons. The highest BCUT2D eigenvalue weighted by atomic mass is 32.2. The smallest absolute Gasteiger partial charge is 0.00749 e. The molecule has 1 fully saturated rings. The van der Waals surface area contributed by atoms with E-state index < -0.39 is 0 Å². The van der Waals surface area contributed by atoms with Crippen LogP contribution in [-0.4, -0.2) is 24.6 Å². The second-order valence-corrected chi connectivity index (χ2v) is 3.79. The van der Waals surface area contributed by atoms with E-state index >= 15 is 0 Å². The Kier molecular flexibility index (Phi) is 2.86. The molecule has 0 aromatic heterocycles. The molecule has 0 spiro atoms. The van der Waals surface area contributed by atoms with Gasteiger partial charge in [0.15, 0.2) is 0 Å². The van der Waals surface area contributed by atoms with Gasteiger partial charge < -0.3 is 5.32 Å². The molecule has 0 aromatic carbocycles. The molecule has 0 aliphatic heterocycles. The molecular weight excluding hydrogens is 130 g/mol. The Bertz CT molecular complexity index is 75.0. The topological polar surface area (TPSA) is 12.0 Å². The molecule has 0 saturated heterocycles. The summed E-state index contributed by atoms with van der Waals surface area (Å²) in [5.41, 5.74) is 0. The van der Waals surface area contributed by atoms with Crippen molar-refractivity contribution in [3.63, 3.8) is 0 Å². The first kappa shape index (κ1) is 7.42. The number of rotatable bonds is 2. The molecule has 2 heteroatoms. The van der Waals surface area contributed by atoms with Crippen molar-refractivity contribution in [2.24, 2.45) is 0 Å². The lowest BCUT2D eigenvalue weighted by Crippen LogP contribution is -2.21. The van der Waals surface area contributed by atoms with Gasteiger partial charge in [-0.05, 0) is 32.6 Å². The maximum atomic E-state index is 3.31. The lowest BCUT2D eigenvalue weighted by atomic mass is 10.3. The van der Waals surface area contributed by atoms with Gasteiger partial charge in [-0.2, -0.15) is 11.8 Å². The summed E-state index contributed by atoms with van der Waals surface area (Å²) in [6.07, 6.45) is 6.37. The Morgan fingerprint density at radius 2 is 2.22 bits per heavy atom. The zero-order valence-corrected chi connectivity index (χ0v) is 7.00. The molecule has 1 saturated carbocycles. The number of hydrogen-bond donors (Lipinski definition) is 1. The molecular formula is C7H15NS. The van der Waals surface area contributed by atoms with Crippen LogP contribution in [0.15, 0.2) is 0 Å². The van der Waals surface area contributed by atoms with E-state index in [-0.39, 0.29) is 0 Å². The molecule has 1 rings (SSSR count). The third-order valence-electron chi connectivity index (χ3n) is 2.13. The van der Waals surface area contributed by atoms with Crippen LogP contribution in [0, 0.1) is 0 Å². The third kappa shape index (κ3) is 1.87. The predicted molar refractivity (Wildman–Crippen MR) is 44.0 cm³/mol. The van der Waals surface area contributed by atoms with Crippen molar-refractivity contribution < 1.29 is 0 Å². The minimum Gasteiger partial charge on any atom is -0.317 e. The van der Waals surface area contributed by atoms with Crippen molar-refractivity contribution in [1.82, 2.24) is 5.32 Å². The Balaban J connectivity index is 2.20. The maximum Gasteiger partial charge on any atom is 0.00749 e. The van der Waals surface area contributed by atoms with Crippen molar-refractivity contribution in [3.05, 3.63) is 0 Å². The van der Waals surface area contributed by atoms with Crippen LogP contribution in [0.4, 0.5) is 0 Å². The maximum absolute atomic E-state index is 3.31. The van der Waals surface area contributed by atoms with Gasteiger partial charge in [0.05, 0.1) is 0 Å². The van der Waals surface area contributed by atoms with Crippen LogP contribution in [0.3, 0.4) is 0 Å². The van der Waals surface area contributed by atoms with Gasteiger partial charge in [0.1, 0.15) is 0 Å². The lowest BCUT2D eigenvalue weighted by molar-refractivity contribution is 0.583. The molecule has 2 atom stereocenters. The van der Waals surface area contributed by atoms with Crippen molar-refractivity contribution in [1.29, 1.82) is 0 Å². The molecule has 0 aromatic rings. The standard InChI is InChI=1S/C7H15NS/c1-8-6-3-4-7(5-6)9-2/h6-8H,3-5H2,1-2H3/t6-,7+/m0/s1. The van der Waals surface area contributed by atoms with Gasteiger partial charge >= 0.3 is 0 Å². The van der Waals surface area contributed by atoms with E-state index in [1.165, 1.54) is 19.3 Å². The minimum atomic E-state index is 0.808. The summed E-state index contributed by atoms with van der Waals surface area (Å²) in [5, 5.41) is 4.25. The van der Waals surface area contributed by atoms with E-state index in [1.54, 1.807) is 0 Å². The molecule has 54 valence electrons. The highest BCUT2D eigenvalue weighted by molar-refractivity contribution is 7.99. The van der Waals surface area contributed by atoms with Gasteiger partial charge in [-0.15, -0.1) is 0 Å². The molecule has 0 heterocycles. The Morgan fingerprint density at radius 3 is 2.56 bits per heavy atom. The quantitative estimate of drug-likeness (QED) is 0.632. The average Bonchev–Trinajstić information content (AvgIpc) is 2.34. The summed E-state index contributed by atoms with van der Waals surface area (Å²) in [5.74, 6) is 0. The van der Waals surface area contributed by atoms with Gasteiger partial charge in [-0.1, -0.05) is 0 Å². The SMILES string of the molecule is CN[C@H]1CC[C@@H](SC)C1. The van der Waals surface area contributed by atoms with E-state index in [0.29, 0.717) is 0 Å². The largest absolute Gasteiger partial charge is 0.317 e. The predicted octanol–water partition coefficient (Wildman–Crippen LogP) is 1.49. The summed E-state index contributed by atoms with van der Waals surface area (Å²) >= 11 is 2.01. The van der Waals surface area contributed by atoms with Crippen molar-refractivity contribution >= 4 is 11.8 Å². The van der Waals surface area contributed by atoms with E-state index in [4.69, 9.17) is 0 Å². The van der Waals surface area contributed by atoms with E-state index in [0.717, 1.165) is 11.3 Å². The van der Waals surface area contributed by atoms with Gasteiger partial charge in [0, 0.05) is 11.3 Å². The van der Waals surface area contributed by atoms with Crippen molar-refractivity contribution in [3.8, 4) is 0 Å². The van der Waals surface area contributed by atoms with Crippen LogP contribution >= 0.6 is 11.8 Å². The minimum absolute atomic E-state index is 0.808. The van der Waals surface area contributed by atoms with Gasteiger partial charge in [-0.3, -0.25) is 0 Å². The third-order valence-corrected chi connectivity index (χ3v) is 3.22. The molecule has 1 N–H and O–H groups in total. The molecule has 1 aliphatic carbocycles. The van der Waals surface area contributed by atoms with Crippen LogP contribution in [0.2, 0.25) is 0 Å². The molecule has 1 nitrogen and oxygen atoms in total. The summed E-state index contributed by atoms with van der Waals surface area (Å²) in [6.45, 7) is 0. The van der Waals surface area contributed by atoms with E-state index in [1.807, 2.05) is 11.8 Å². The monoisotopic (exact) mass is 145 g/mol. The second-order valence-electron chi connectivity index (χ2n) is 2.66. The fourth-order valence-electron chi connectivity index (χ4n) is 1.42. The van der Waals surface area contributed by atoms with Gasteiger partial charge in [0.25, 0.3) is 0 Å². The summed E-state index contributed by atoms with van der Waals surface area (Å²) in [7, 11) is 2.06. The van der Waals surface area contributed by atoms with Crippen LogP contribution in [0.25, 0.3) is 0 Å². The van der Waals surface area contributed by atoms with Crippen LogP contribution in [0.1, 0.15) is 19.3 Å². The molecule has 1 aliphatic rings. The Labute approximate surface area is 61.6 Å². The number of hydrogen-bond acceptors (Lipinski definition) is 2. The Hall–Kier alpha value is 0.310. The van der Waals surface area contributed by atoms with E-state index in [2.05, 4.69) is 18.6 Å². The first-order valence-corrected chi connectivity index (χ1v) is 4.85. The highest BCUT2D eigenvalue weighted by Crippen LogP contribution is 2.27. The van der Waals surface area contributed by atoms with Crippen molar-refractivity contribution in [2.45, 2.75) is 30.6 Å². The zero-order chi connectivity index (χ0) is 6.69. The first-order chi connectivity index (χ1) is 4.36. The molecule has 0 unspecified atom stereocenters. The number of thioether (sulfide) groups is 1. The van der Waals surface area contributed by atoms with Gasteiger partial charge in [-0.25, -0.2) is 0 Å². The van der Waals surface area contributed by atoms with Crippen LogP contribution in [-0.2, 0) is 0 Å².